The van der Waals surface area contributed by atoms with Crippen molar-refractivity contribution in [2.45, 2.75) is 13.3 Å². The summed E-state index contributed by atoms with van der Waals surface area (Å²) in [4.78, 5) is 23.2. The average Bonchev–Trinajstić information content (AvgIpc) is 2.62. The van der Waals surface area contributed by atoms with Gasteiger partial charge in [-0.1, -0.05) is 0 Å². The molecule has 1 N–H and O–H groups in total. The minimum atomic E-state index is -0.605. The van der Waals surface area contributed by atoms with Gasteiger partial charge in [-0.05, 0) is 25.1 Å². The molecule has 0 saturated heterocycles. The Hall–Kier alpha value is -2.04. The van der Waals surface area contributed by atoms with E-state index in [9.17, 15) is 9.59 Å². The van der Waals surface area contributed by atoms with E-state index < -0.39 is 11.7 Å². The summed E-state index contributed by atoms with van der Waals surface area (Å²) in [6.07, 6.45) is 0.800. The molecule has 0 spiro atoms. The van der Waals surface area contributed by atoms with Crippen molar-refractivity contribution in [3.63, 3.8) is 0 Å². The van der Waals surface area contributed by atoms with Crippen LogP contribution >= 0.6 is 0 Å². The standard InChI is InChI=1S/C13H15NO4/c1-2-14-13(16)12(15)9-4-5-10-11(8-9)18-7-3-6-17-10/h4-5,8H,2-3,6-7H2,1H3,(H,14,16). The molecule has 18 heavy (non-hydrogen) atoms. The van der Waals surface area contributed by atoms with Crippen LogP contribution in [0.4, 0.5) is 0 Å². The van der Waals surface area contributed by atoms with Gasteiger partial charge in [-0.3, -0.25) is 9.59 Å². The first-order chi connectivity index (χ1) is 8.72. The molecule has 0 bridgehead atoms. The highest BCUT2D eigenvalue weighted by Gasteiger charge is 2.18. The number of carbonyl (C=O) groups is 2. The van der Waals surface area contributed by atoms with E-state index in [1.54, 1.807) is 25.1 Å². The Labute approximate surface area is 105 Å². The van der Waals surface area contributed by atoms with Crippen LogP contribution < -0.4 is 14.8 Å². The van der Waals surface area contributed by atoms with E-state index in [-0.39, 0.29) is 0 Å². The lowest BCUT2D eigenvalue weighted by molar-refractivity contribution is -0.116. The van der Waals surface area contributed by atoms with Gasteiger partial charge in [0.2, 0.25) is 5.78 Å². The first-order valence-corrected chi connectivity index (χ1v) is 5.94. The molecular formula is C13H15NO4. The Morgan fingerprint density at radius 1 is 1.22 bits per heavy atom. The van der Waals surface area contributed by atoms with Crippen LogP contribution in [0.3, 0.4) is 0 Å². The maximum Gasteiger partial charge on any atom is 0.292 e. The average molecular weight is 249 g/mol. The second kappa shape index (κ2) is 5.53. The van der Waals surface area contributed by atoms with Crippen molar-refractivity contribution in [3.8, 4) is 11.5 Å². The minimum Gasteiger partial charge on any atom is -0.490 e. The summed E-state index contributed by atoms with van der Waals surface area (Å²) in [5, 5.41) is 2.48. The third-order valence-electron chi connectivity index (χ3n) is 2.55. The zero-order valence-electron chi connectivity index (χ0n) is 10.2. The molecule has 0 atom stereocenters. The smallest absolute Gasteiger partial charge is 0.292 e. The number of amides is 1. The van der Waals surface area contributed by atoms with Crippen LogP contribution in [0.2, 0.25) is 0 Å². The summed E-state index contributed by atoms with van der Waals surface area (Å²) in [5.41, 5.74) is 0.310. The van der Waals surface area contributed by atoms with Gasteiger partial charge in [0.15, 0.2) is 11.5 Å². The molecule has 0 fully saturated rings. The number of ether oxygens (including phenoxy) is 2. The molecule has 1 aliphatic rings. The van der Waals surface area contributed by atoms with Gasteiger partial charge in [0.1, 0.15) is 0 Å². The number of hydrogen-bond acceptors (Lipinski definition) is 4. The van der Waals surface area contributed by atoms with Gasteiger partial charge < -0.3 is 14.8 Å². The molecule has 2 rings (SSSR count). The van der Waals surface area contributed by atoms with E-state index in [0.29, 0.717) is 36.8 Å². The van der Waals surface area contributed by atoms with Crippen molar-refractivity contribution < 1.29 is 19.1 Å². The molecule has 0 aromatic heterocycles. The molecule has 1 heterocycles. The largest absolute Gasteiger partial charge is 0.490 e. The molecule has 5 nitrogen and oxygen atoms in total. The Morgan fingerprint density at radius 2 is 1.94 bits per heavy atom. The predicted octanol–water partition coefficient (Wildman–Crippen LogP) is 1.17. The monoisotopic (exact) mass is 249 g/mol. The van der Waals surface area contributed by atoms with Gasteiger partial charge in [0.25, 0.3) is 5.91 Å². The molecule has 0 aliphatic carbocycles. The van der Waals surface area contributed by atoms with Gasteiger partial charge in [0.05, 0.1) is 13.2 Å². The maximum atomic E-state index is 11.8. The minimum absolute atomic E-state index is 0.310. The predicted molar refractivity (Wildman–Crippen MR) is 65.1 cm³/mol. The van der Waals surface area contributed by atoms with Crippen molar-refractivity contribution in [3.05, 3.63) is 23.8 Å². The lowest BCUT2D eigenvalue weighted by Gasteiger charge is -2.08. The van der Waals surface area contributed by atoms with Crippen LogP contribution in [-0.4, -0.2) is 31.4 Å². The molecule has 96 valence electrons. The van der Waals surface area contributed by atoms with Crippen molar-refractivity contribution in [1.29, 1.82) is 0 Å². The number of hydrogen-bond donors (Lipinski definition) is 1. The van der Waals surface area contributed by atoms with Gasteiger partial charge >= 0.3 is 0 Å². The third-order valence-corrected chi connectivity index (χ3v) is 2.55. The second-order valence-corrected chi connectivity index (χ2v) is 3.90. The molecule has 0 unspecified atom stereocenters. The van der Waals surface area contributed by atoms with E-state index in [0.717, 1.165) is 6.42 Å². The molecule has 1 aromatic rings. The van der Waals surface area contributed by atoms with Crippen LogP contribution in [0, 0.1) is 0 Å². The molecule has 0 radical (unpaired) electrons. The number of Topliss-reactive ketones (excluding diaryl/α,β-unsaturated/α-hetero) is 1. The number of rotatable bonds is 3. The highest BCUT2D eigenvalue weighted by molar-refractivity contribution is 6.42. The summed E-state index contributed by atoms with van der Waals surface area (Å²) in [6.45, 7) is 3.33. The van der Waals surface area contributed by atoms with E-state index in [1.807, 2.05) is 0 Å². The topological polar surface area (TPSA) is 64.6 Å². The number of benzene rings is 1. The fourth-order valence-electron chi connectivity index (χ4n) is 1.68. The highest BCUT2D eigenvalue weighted by Crippen LogP contribution is 2.30. The van der Waals surface area contributed by atoms with Gasteiger partial charge in [0, 0.05) is 18.5 Å². The molecule has 5 heteroatoms. The Balaban J connectivity index is 2.22. The number of carbonyl (C=O) groups excluding carboxylic acids is 2. The van der Waals surface area contributed by atoms with E-state index >= 15 is 0 Å². The normalized spacial score (nSPS) is 13.6. The summed E-state index contributed by atoms with van der Waals surface area (Å²) < 4.78 is 10.9. The number of likely N-dealkylation sites (N-methyl/N-ethyl adjacent to an activating group) is 1. The van der Waals surface area contributed by atoms with Gasteiger partial charge in [-0.2, -0.15) is 0 Å². The SMILES string of the molecule is CCNC(=O)C(=O)c1ccc2c(c1)OCCCO2. The zero-order valence-corrected chi connectivity index (χ0v) is 10.2. The first-order valence-electron chi connectivity index (χ1n) is 5.94. The third kappa shape index (κ3) is 2.61. The zero-order chi connectivity index (χ0) is 13.0. The Bertz CT molecular complexity index is 470. The van der Waals surface area contributed by atoms with Crippen LogP contribution in [0.5, 0.6) is 11.5 Å². The quantitative estimate of drug-likeness (QED) is 0.645. The summed E-state index contributed by atoms with van der Waals surface area (Å²) in [6, 6.07) is 4.79. The van der Waals surface area contributed by atoms with Crippen molar-refractivity contribution in [2.24, 2.45) is 0 Å². The summed E-state index contributed by atoms with van der Waals surface area (Å²) >= 11 is 0. The van der Waals surface area contributed by atoms with Crippen LogP contribution in [-0.2, 0) is 4.79 Å². The fraction of sp³-hybridized carbons (Fsp3) is 0.385. The summed E-state index contributed by atoms with van der Waals surface area (Å²) in [7, 11) is 0. The molecule has 1 aromatic carbocycles. The van der Waals surface area contributed by atoms with E-state index in [2.05, 4.69) is 5.32 Å². The van der Waals surface area contributed by atoms with Crippen LogP contribution in [0.15, 0.2) is 18.2 Å². The van der Waals surface area contributed by atoms with E-state index in [1.165, 1.54) is 0 Å². The second-order valence-electron chi connectivity index (χ2n) is 3.90. The van der Waals surface area contributed by atoms with Crippen molar-refractivity contribution >= 4 is 11.7 Å². The number of ketones is 1. The van der Waals surface area contributed by atoms with Crippen LogP contribution in [0.25, 0.3) is 0 Å². The fourth-order valence-corrected chi connectivity index (χ4v) is 1.68. The van der Waals surface area contributed by atoms with Gasteiger partial charge in [-0.25, -0.2) is 0 Å². The molecule has 1 aliphatic heterocycles. The maximum absolute atomic E-state index is 11.8. The molecular weight excluding hydrogens is 234 g/mol. The highest BCUT2D eigenvalue weighted by atomic mass is 16.5. The number of fused-ring (bicyclic) bond motifs is 1. The lowest BCUT2D eigenvalue weighted by Crippen LogP contribution is -2.30. The lowest BCUT2D eigenvalue weighted by atomic mass is 10.1. The molecule has 0 saturated carbocycles. The van der Waals surface area contributed by atoms with Crippen molar-refractivity contribution in [2.75, 3.05) is 19.8 Å². The number of nitrogens with one attached hydrogen (secondary N) is 1. The molecule has 1 amide bonds. The Morgan fingerprint density at radius 3 is 2.67 bits per heavy atom. The van der Waals surface area contributed by atoms with Crippen molar-refractivity contribution in [1.82, 2.24) is 5.32 Å². The van der Waals surface area contributed by atoms with Crippen LogP contribution in [0.1, 0.15) is 23.7 Å². The van der Waals surface area contributed by atoms with Gasteiger partial charge in [-0.15, -0.1) is 0 Å². The Kier molecular flexibility index (Phi) is 3.82. The summed E-state index contributed by atoms with van der Waals surface area (Å²) in [5.74, 6) is -0.0397. The first kappa shape index (κ1) is 12.4. The van der Waals surface area contributed by atoms with E-state index in [4.69, 9.17) is 9.47 Å².